The molecule has 1 aromatic carbocycles. The quantitative estimate of drug-likeness (QED) is 0.891. The van der Waals surface area contributed by atoms with Crippen LogP contribution in [-0.2, 0) is 11.3 Å². The van der Waals surface area contributed by atoms with E-state index in [1.54, 1.807) is 6.07 Å². The van der Waals surface area contributed by atoms with Gasteiger partial charge in [0.2, 0.25) is 0 Å². The topological polar surface area (TPSA) is 74.2 Å². The molecule has 1 aliphatic rings. The molecular weight excluding hydrogens is 266 g/mol. The van der Waals surface area contributed by atoms with Crippen molar-refractivity contribution in [2.24, 2.45) is 0 Å². The van der Waals surface area contributed by atoms with Crippen molar-refractivity contribution in [1.82, 2.24) is 10.6 Å². The zero-order valence-corrected chi connectivity index (χ0v) is 12.6. The second-order valence-corrected chi connectivity index (χ2v) is 6.29. The number of nitrogens with one attached hydrogen (secondary N) is 2. The molecule has 0 heterocycles. The Morgan fingerprint density at radius 2 is 2.19 bits per heavy atom. The molecule has 0 aliphatic heterocycles. The van der Waals surface area contributed by atoms with Crippen LogP contribution in [0.4, 0.5) is 4.79 Å². The number of amides is 1. The van der Waals surface area contributed by atoms with Crippen molar-refractivity contribution in [3.63, 3.8) is 0 Å². The van der Waals surface area contributed by atoms with Crippen molar-refractivity contribution in [3.8, 4) is 6.07 Å². The maximum atomic E-state index is 11.6. The first kappa shape index (κ1) is 15.3. The lowest BCUT2D eigenvalue weighted by Crippen LogP contribution is -2.36. The van der Waals surface area contributed by atoms with E-state index in [1.807, 2.05) is 39.0 Å². The van der Waals surface area contributed by atoms with Crippen molar-refractivity contribution in [3.05, 3.63) is 35.4 Å². The smallest absolute Gasteiger partial charge is 0.407 e. The highest BCUT2D eigenvalue weighted by Gasteiger charge is 2.38. The summed E-state index contributed by atoms with van der Waals surface area (Å²) in [6, 6.07) is 10.0. The van der Waals surface area contributed by atoms with Gasteiger partial charge < -0.3 is 15.4 Å². The van der Waals surface area contributed by atoms with Gasteiger partial charge in [-0.05, 0) is 44.9 Å². The van der Waals surface area contributed by atoms with Gasteiger partial charge in [0.05, 0.1) is 11.6 Å². The Balaban J connectivity index is 1.72. The van der Waals surface area contributed by atoms with Gasteiger partial charge in [-0.25, -0.2) is 4.79 Å². The van der Waals surface area contributed by atoms with Crippen LogP contribution in [0.2, 0.25) is 0 Å². The average Bonchev–Trinajstić information content (AvgIpc) is 3.12. The van der Waals surface area contributed by atoms with Crippen LogP contribution in [0.3, 0.4) is 0 Å². The molecule has 0 aromatic heterocycles. The number of alkyl carbamates (subject to hydrolysis) is 1. The van der Waals surface area contributed by atoms with Crippen molar-refractivity contribution in [2.45, 2.75) is 51.4 Å². The number of hydrogen-bond donors (Lipinski definition) is 2. The maximum absolute atomic E-state index is 11.6. The molecule has 1 aromatic rings. The summed E-state index contributed by atoms with van der Waals surface area (Å²) < 4.78 is 5.22. The largest absolute Gasteiger partial charge is 0.444 e. The normalized spacial score (nSPS) is 20.5. The number of nitriles is 1. The van der Waals surface area contributed by atoms with Gasteiger partial charge in [0, 0.05) is 18.6 Å². The molecule has 5 nitrogen and oxygen atoms in total. The van der Waals surface area contributed by atoms with E-state index in [4.69, 9.17) is 10.00 Å². The number of hydrogen-bond acceptors (Lipinski definition) is 4. The van der Waals surface area contributed by atoms with Gasteiger partial charge in [0.25, 0.3) is 0 Å². The Hall–Kier alpha value is -2.06. The van der Waals surface area contributed by atoms with Crippen molar-refractivity contribution in [2.75, 3.05) is 0 Å². The van der Waals surface area contributed by atoms with E-state index < -0.39 is 5.60 Å². The summed E-state index contributed by atoms with van der Waals surface area (Å²) in [6.07, 6.45) is 0.528. The highest BCUT2D eigenvalue weighted by molar-refractivity contribution is 5.68. The predicted octanol–water partition coefficient (Wildman–Crippen LogP) is 2.31. The predicted molar refractivity (Wildman–Crippen MR) is 79.6 cm³/mol. The second-order valence-electron chi connectivity index (χ2n) is 6.29. The van der Waals surface area contributed by atoms with Crippen LogP contribution in [0.15, 0.2) is 24.3 Å². The Morgan fingerprint density at radius 1 is 1.43 bits per heavy atom. The minimum atomic E-state index is -0.473. The highest BCUT2D eigenvalue weighted by Crippen LogP contribution is 2.22. The van der Waals surface area contributed by atoms with Crippen LogP contribution in [0.25, 0.3) is 0 Å². The van der Waals surface area contributed by atoms with E-state index in [0.717, 1.165) is 12.0 Å². The molecule has 1 fully saturated rings. The summed E-state index contributed by atoms with van der Waals surface area (Å²) in [5.74, 6) is 0. The molecule has 1 saturated carbocycles. The van der Waals surface area contributed by atoms with Gasteiger partial charge in [-0.15, -0.1) is 0 Å². The highest BCUT2D eigenvalue weighted by atomic mass is 16.6. The van der Waals surface area contributed by atoms with Crippen molar-refractivity contribution >= 4 is 6.09 Å². The molecule has 2 unspecified atom stereocenters. The van der Waals surface area contributed by atoms with E-state index in [2.05, 4.69) is 16.7 Å². The third-order valence-corrected chi connectivity index (χ3v) is 3.12. The molecule has 2 rings (SSSR count). The number of ether oxygens (including phenoxy) is 1. The summed E-state index contributed by atoms with van der Waals surface area (Å²) in [6.45, 7) is 6.22. The first-order valence-electron chi connectivity index (χ1n) is 7.09. The summed E-state index contributed by atoms with van der Waals surface area (Å²) >= 11 is 0. The average molecular weight is 287 g/mol. The first-order valence-corrected chi connectivity index (χ1v) is 7.09. The van der Waals surface area contributed by atoms with Crippen LogP contribution in [0.1, 0.15) is 38.3 Å². The summed E-state index contributed by atoms with van der Waals surface area (Å²) in [7, 11) is 0. The third-order valence-electron chi connectivity index (χ3n) is 3.12. The molecule has 5 heteroatoms. The maximum Gasteiger partial charge on any atom is 0.407 e. The lowest BCUT2D eigenvalue weighted by molar-refractivity contribution is 0.0522. The Kier molecular flexibility index (Phi) is 4.49. The third kappa shape index (κ3) is 5.09. The van der Waals surface area contributed by atoms with Gasteiger partial charge in [-0.1, -0.05) is 12.1 Å². The number of rotatable bonds is 4. The Morgan fingerprint density at radius 3 is 2.86 bits per heavy atom. The molecule has 1 amide bonds. The summed E-state index contributed by atoms with van der Waals surface area (Å²) in [4.78, 5) is 11.6. The van der Waals surface area contributed by atoms with Crippen LogP contribution in [0.5, 0.6) is 0 Å². The van der Waals surface area contributed by atoms with Crippen LogP contribution in [-0.4, -0.2) is 23.8 Å². The number of carbonyl (C=O) groups is 1. The fraction of sp³-hybridized carbons (Fsp3) is 0.500. The molecule has 2 atom stereocenters. The number of nitrogens with zero attached hydrogens (tertiary/aromatic N) is 1. The Bertz CT molecular complexity index is 557. The number of benzene rings is 1. The minimum absolute atomic E-state index is 0.124. The van der Waals surface area contributed by atoms with Crippen LogP contribution >= 0.6 is 0 Å². The first-order chi connectivity index (χ1) is 9.87. The molecule has 0 bridgehead atoms. The molecule has 112 valence electrons. The van der Waals surface area contributed by atoms with Gasteiger partial charge in [0.15, 0.2) is 0 Å². The van der Waals surface area contributed by atoms with E-state index in [9.17, 15) is 4.79 Å². The zero-order chi connectivity index (χ0) is 15.5. The van der Waals surface area contributed by atoms with Crippen molar-refractivity contribution in [1.29, 1.82) is 5.26 Å². The molecule has 0 radical (unpaired) electrons. The van der Waals surface area contributed by atoms with Crippen molar-refractivity contribution < 1.29 is 9.53 Å². The van der Waals surface area contributed by atoms with Gasteiger partial charge in [-0.3, -0.25) is 0 Å². The van der Waals surface area contributed by atoms with E-state index in [0.29, 0.717) is 12.1 Å². The fourth-order valence-corrected chi connectivity index (χ4v) is 2.04. The molecule has 2 N–H and O–H groups in total. The molecular formula is C16H21N3O2. The van der Waals surface area contributed by atoms with Gasteiger partial charge >= 0.3 is 6.09 Å². The standard InChI is InChI=1S/C16H21N3O2/c1-16(2,3)21-15(20)19-14-8-13(14)18-10-12-6-4-5-11(7-12)9-17/h4-7,13-14,18H,8,10H2,1-3H3,(H,19,20). The summed E-state index contributed by atoms with van der Waals surface area (Å²) in [5.41, 5.74) is 1.25. The second kappa shape index (κ2) is 6.15. The van der Waals surface area contributed by atoms with E-state index in [1.165, 1.54) is 0 Å². The monoisotopic (exact) mass is 287 g/mol. The summed E-state index contributed by atoms with van der Waals surface area (Å²) in [5, 5.41) is 15.1. The molecule has 21 heavy (non-hydrogen) atoms. The van der Waals surface area contributed by atoms with Gasteiger partial charge in [-0.2, -0.15) is 5.26 Å². The van der Waals surface area contributed by atoms with E-state index in [-0.39, 0.29) is 18.2 Å². The Labute approximate surface area is 125 Å². The van der Waals surface area contributed by atoms with Crippen LogP contribution in [0, 0.1) is 11.3 Å². The molecule has 1 aliphatic carbocycles. The minimum Gasteiger partial charge on any atom is -0.444 e. The van der Waals surface area contributed by atoms with Gasteiger partial charge in [0.1, 0.15) is 5.60 Å². The molecule has 0 saturated heterocycles. The van der Waals surface area contributed by atoms with E-state index >= 15 is 0 Å². The fourth-order valence-electron chi connectivity index (χ4n) is 2.04. The number of carbonyl (C=O) groups excluding carboxylic acids is 1. The lowest BCUT2D eigenvalue weighted by atomic mass is 10.1. The SMILES string of the molecule is CC(C)(C)OC(=O)NC1CC1NCc1cccc(C#N)c1. The molecule has 0 spiro atoms. The zero-order valence-electron chi connectivity index (χ0n) is 12.6. The lowest BCUT2D eigenvalue weighted by Gasteiger charge is -2.19. The van der Waals surface area contributed by atoms with Crippen LogP contribution < -0.4 is 10.6 Å².